The third-order valence-corrected chi connectivity index (χ3v) is 8.54. The van der Waals surface area contributed by atoms with Crippen LogP contribution in [0.3, 0.4) is 0 Å². The minimum atomic E-state index is -1.44. The van der Waals surface area contributed by atoms with Crippen LogP contribution in [-0.4, -0.2) is 54.8 Å². The molecule has 212 valence electrons. The molecule has 8 heteroatoms. The highest BCUT2D eigenvalue weighted by atomic mass is 19.1. The van der Waals surface area contributed by atoms with Crippen LogP contribution in [0.15, 0.2) is 42.5 Å². The van der Waals surface area contributed by atoms with Crippen LogP contribution in [0, 0.1) is 17.7 Å². The number of aryl methyl sites for hydroxylation is 1. The lowest BCUT2D eigenvalue weighted by atomic mass is 9.72. The number of aliphatic hydroxyl groups is 1. The van der Waals surface area contributed by atoms with Gasteiger partial charge in [-0.05, 0) is 67.7 Å². The van der Waals surface area contributed by atoms with Gasteiger partial charge in [0.2, 0.25) is 5.91 Å². The molecule has 2 amide bonds. The number of rotatable bonds is 9. The van der Waals surface area contributed by atoms with E-state index in [4.69, 9.17) is 10.5 Å². The van der Waals surface area contributed by atoms with Crippen LogP contribution in [0.4, 0.5) is 9.18 Å². The maximum atomic E-state index is 15.6. The molecule has 0 unspecified atom stereocenters. The van der Waals surface area contributed by atoms with Gasteiger partial charge in [0.1, 0.15) is 5.82 Å². The Kier molecular flexibility index (Phi) is 9.62. The fourth-order valence-electron chi connectivity index (χ4n) is 6.36. The fourth-order valence-corrected chi connectivity index (χ4v) is 6.36. The standard InChI is InChI=1S/C31H42FN3O4/c1-3-21-9-4-10-22(19-21)28-25(13-6-14-26(28)32)31(38,16-8-18-39-30(37)34-2)23-11-7-17-35(20-23)29(36)24-12-5-15-27(24)33/h4,6,9-10,13-14,19,23-24,27,38H,3,5,7-8,11-12,15-18,20,33H2,1-2H3,(H,34,37)/t23-,24-,27+,31+/m1/s1. The van der Waals surface area contributed by atoms with Gasteiger partial charge >= 0.3 is 6.09 Å². The van der Waals surface area contributed by atoms with Gasteiger partial charge in [0.05, 0.1) is 18.1 Å². The minimum Gasteiger partial charge on any atom is -0.450 e. The molecule has 1 heterocycles. The van der Waals surface area contributed by atoms with Crippen LogP contribution in [0.1, 0.15) is 63.0 Å². The number of nitrogens with one attached hydrogen (secondary N) is 1. The number of nitrogens with zero attached hydrogens (tertiary/aromatic N) is 1. The number of alkyl carbamates (subject to hydrolysis) is 1. The first kappa shape index (κ1) is 29.0. The van der Waals surface area contributed by atoms with Gasteiger partial charge in [-0.1, -0.05) is 49.7 Å². The molecule has 0 bridgehead atoms. The molecule has 7 nitrogen and oxygen atoms in total. The number of nitrogens with two attached hydrogens (primary N) is 1. The normalized spacial score (nSPS) is 22.8. The Morgan fingerprint density at radius 2 is 1.97 bits per heavy atom. The topological polar surface area (TPSA) is 105 Å². The van der Waals surface area contributed by atoms with E-state index in [2.05, 4.69) is 5.32 Å². The summed E-state index contributed by atoms with van der Waals surface area (Å²) in [5.74, 6) is -0.839. The molecule has 1 aliphatic carbocycles. The Hall–Kier alpha value is -2.97. The van der Waals surface area contributed by atoms with E-state index in [0.717, 1.165) is 37.7 Å². The van der Waals surface area contributed by atoms with Gasteiger partial charge in [-0.15, -0.1) is 0 Å². The van der Waals surface area contributed by atoms with Crippen LogP contribution >= 0.6 is 0 Å². The zero-order valence-corrected chi connectivity index (χ0v) is 23.1. The summed E-state index contributed by atoms with van der Waals surface area (Å²) in [7, 11) is 1.49. The lowest BCUT2D eigenvalue weighted by Gasteiger charge is -2.44. The van der Waals surface area contributed by atoms with E-state index in [-0.39, 0.29) is 36.8 Å². The van der Waals surface area contributed by atoms with Crippen LogP contribution in [0.2, 0.25) is 0 Å². The molecule has 4 rings (SSSR count). The maximum Gasteiger partial charge on any atom is 0.406 e. The predicted octanol–water partition coefficient (Wildman–Crippen LogP) is 4.74. The lowest BCUT2D eigenvalue weighted by molar-refractivity contribution is -0.141. The van der Waals surface area contributed by atoms with E-state index in [1.807, 2.05) is 36.1 Å². The van der Waals surface area contributed by atoms with E-state index in [1.165, 1.54) is 13.1 Å². The molecule has 2 aromatic rings. The number of ether oxygens (including phenoxy) is 1. The van der Waals surface area contributed by atoms with Gasteiger partial charge < -0.3 is 25.8 Å². The lowest BCUT2D eigenvalue weighted by Crippen LogP contribution is -2.51. The first-order valence-electron chi connectivity index (χ1n) is 14.3. The van der Waals surface area contributed by atoms with E-state index < -0.39 is 17.5 Å². The molecule has 0 spiro atoms. The van der Waals surface area contributed by atoms with E-state index in [1.54, 1.807) is 12.1 Å². The monoisotopic (exact) mass is 539 g/mol. The number of piperidine rings is 1. The molecule has 0 aromatic heterocycles. The summed E-state index contributed by atoms with van der Waals surface area (Å²) < 4.78 is 20.8. The summed E-state index contributed by atoms with van der Waals surface area (Å²) >= 11 is 0. The van der Waals surface area contributed by atoms with Crippen LogP contribution < -0.4 is 11.1 Å². The SMILES string of the molecule is CCc1cccc(-c2c(F)cccc2[C@](O)(CCCOC(=O)NC)[C@@H]2CCCN(C(=O)[C@@H]3CCC[C@@H]3N)C2)c1. The summed E-state index contributed by atoms with van der Waals surface area (Å²) in [6.07, 6.45) is 4.94. The number of carbonyl (C=O) groups excluding carboxylic acids is 2. The average molecular weight is 540 g/mol. The Labute approximate surface area is 230 Å². The third kappa shape index (κ3) is 6.44. The number of halogens is 1. The Bertz CT molecular complexity index is 1160. The Balaban J connectivity index is 1.70. The molecule has 1 saturated carbocycles. The highest BCUT2D eigenvalue weighted by Crippen LogP contribution is 2.44. The van der Waals surface area contributed by atoms with Crippen LogP contribution in [0.25, 0.3) is 11.1 Å². The number of hydrogen-bond acceptors (Lipinski definition) is 5. The van der Waals surface area contributed by atoms with Crippen molar-refractivity contribution < 1.29 is 23.8 Å². The molecule has 4 atom stereocenters. The predicted molar refractivity (Wildman–Crippen MR) is 149 cm³/mol. The van der Waals surface area contributed by atoms with Crippen LogP contribution in [-0.2, 0) is 21.6 Å². The highest BCUT2D eigenvalue weighted by molar-refractivity contribution is 5.80. The van der Waals surface area contributed by atoms with E-state index in [0.29, 0.717) is 42.6 Å². The molecule has 2 aliphatic rings. The van der Waals surface area contributed by atoms with Gasteiger partial charge in [0.15, 0.2) is 0 Å². The van der Waals surface area contributed by atoms with Gasteiger partial charge in [0, 0.05) is 37.7 Å². The summed E-state index contributed by atoms with van der Waals surface area (Å²) in [6, 6.07) is 12.5. The highest BCUT2D eigenvalue weighted by Gasteiger charge is 2.44. The molecule has 1 aliphatic heterocycles. The number of hydrogen-bond donors (Lipinski definition) is 3. The number of carbonyl (C=O) groups is 2. The average Bonchev–Trinajstić information content (AvgIpc) is 3.40. The molecule has 0 radical (unpaired) electrons. The summed E-state index contributed by atoms with van der Waals surface area (Å²) in [4.78, 5) is 26.9. The van der Waals surface area contributed by atoms with Crippen molar-refractivity contribution >= 4 is 12.0 Å². The Morgan fingerprint density at radius 3 is 2.69 bits per heavy atom. The summed E-state index contributed by atoms with van der Waals surface area (Å²) in [6.45, 7) is 3.17. The molecule has 4 N–H and O–H groups in total. The fraction of sp³-hybridized carbons (Fsp3) is 0.548. The molecular formula is C31H42FN3O4. The van der Waals surface area contributed by atoms with Crippen molar-refractivity contribution in [2.45, 2.75) is 69.9 Å². The second-order valence-corrected chi connectivity index (χ2v) is 11.0. The molecule has 2 aromatic carbocycles. The first-order valence-corrected chi connectivity index (χ1v) is 14.3. The zero-order chi connectivity index (χ0) is 28.0. The van der Waals surface area contributed by atoms with Gasteiger partial charge in [-0.3, -0.25) is 4.79 Å². The zero-order valence-electron chi connectivity index (χ0n) is 23.1. The van der Waals surface area contributed by atoms with Gasteiger partial charge in [-0.25, -0.2) is 9.18 Å². The summed E-state index contributed by atoms with van der Waals surface area (Å²) in [5, 5.41) is 15.0. The number of amides is 2. The number of likely N-dealkylation sites (tertiary alicyclic amines) is 1. The van der Waals surface area contributed by atoms with Crippen molar-refractivity contribution in [3.8, 4) is 11.1 Å². The van der Waals surface area contributed by atoms with Crippen molar-refractivity contribution in [1.82, 2.24) is 10.2 Å². The Morgan fingerprint density at radius 1 is 1.18 bits per heavy atom. The third-order valence-electron chi connectivity index (χ3n) is 8.54. The van der Waals surface area contributed by atoms with Crippen molar-refractivity contribution in [3.05, 3.63) is 59.4 Å². The molecule has 1 saturated heterocycles. The van der Waals surface area contributed by atoms with Crippen molar-refractivity contribution in [1.29, 1.82) is 0 Å². The smallest absolute Gasteiger partial charge is 0.406 e. The van der Waals surface area contributed by atoms with E-state index in [9.17, 15) is 14.7 Å². The van der Waals surface area contributed by atoms with Crippen molar-refractivity contribution in [2.75, 3.05) is 26.7 Å². The molecule has 2 fully saturated rings. The minimum absolute atomic E-state index is 0.0603. The second-order valence-electron chi connectivity index (χ2n) is 11.0. The largest absolute Gasteiger partial charge is 0.450 e. The maximum absolute atomic E-state index is 15.6. The van der Waals surface area contributed by atoms with Gasteiger partial charge in [-0.2, -0.15) is 0 Å². The molecule has 39 heavy (non-hydrogen) atoms. The van der Waals surface area contributed by atoms with Gasteiger partial charge in [0.25, 0.3) is 0 Å². The number of benzene rings is 2. The quantitative estimate of drug-likeness (QED) is 0.399. The van der Waals surface area contributed by atoms with E-state index >= 15 is 4.39 Å². The van der Waals surface area contributed by atoms with Crippen molar-refractivity contribution in [2.24, 2.45) is 17.6 Å². The van der Waals surface area contributed by atoms with Crippen molar-refractivity contribution in [3.63, 3.8) is 0 Å². The molecular weight excluding hydrogens is 497 g/mol. The van der Waals surface area contributed by atoms with Crippen LogP contribution in [0.5, 0.6) is 0 Å². The summed E-state index contributed by atoms with van der Waals surface area (Å²) in [5.41, 5.74) is 7.48. The first-order chi connectivity index (χ1) is 18.8. The second kappa shape index (κ2) is 12.9.